The van der Waals surface area contributed by atoms with Gasteiger partial charge in [-0.05, 0) is 12.1 Å². The van der Waals surface area contributed by atoms with Crippen LogP contribution in [0.3, 0.4) is 0 Å². The first-order chi connectivity index (χ1) is 12.9. The van der Waals surface area contributed by atoms with E-state index in [1.807, 2.05) is 0 Å². The van der Waals surface area contributed by atoms with Crippen molar-refractivity contribution < 1.29 is 23.8 Å². The van der Waals surface area contributed by atoms with E-state index in [1.54, 1.807) is 18.2 Å². The van der Waals surface area contributed by atoms with Crippen LogP contribution in [0.1, 0.15) is 10.5 Å². The summed E-state index contributed by atoms with van der Waals surface area (Å²) in [4.78, 5) is 27.8. The normalized spacial score (nSPS) is 12.4. The zero-order valence-corrected chi connectivity index (χ0v) is 15.8. The molecule has 2 aromatic rings. The van der Waals surface area contributed by atoms with Gasteiger partial charge < -0.3 is 25.3 Å². The number of ether oxygens (including phenoxy) is 3. The number of hydrogen-bond donors (Lipinski definition) is 2. The molecule has 2 heterocycles. The average molecular weight is 433 g/mol. The van der Waals surface area contributed by atoms with Crippen LogP contribution >= 0.6 is 34.8 Å². The predicted molar refractivity (Wildman–Crippen MR) is 100 cm³/mol. The van der Waals surface area contributed by atoms with Crippen molar-refractivity contribution in [3.63, 3.8) is 0 Å². The Labute approximate surface area is 168 Å². The Bertz CT molecular complexity index is 923. The van der Waals surface area contributed by atoms with E-state index in [1.165, 1.54) is 0 Å². The second-order valence-corrected chi connectivity index (χ2v) is 6.39. The first-order valence-electron chi connectivity index (χ1n) is 7.53. The van der Waals surface area contributed by atoms with Gasteiger partial charge in [-0.1, -0.05) is 34.8 Å². The number of halogens is 3. The number of amides is 1. The number of nitrogens with zero attached hydrogens (tertiary/aromatic N) is 1. The third-order valence-corrected chi connectivity index (χ3v) is 4.56. The van der Waals surface area contributed by atoms with Gasteiger partial charge in [-0.3, -0.25) is 4.79 Å². The van der Waals surface area contributed by atoms with Gasteiger partial charge in [-0.25, -0.2) is 9.78 Å². The van der Waals surface area contributed by atoms with Gasteiger partial charge in [0.05, 0.1) is 10.7 Å². The molecule has 0 fully saturated rings. The number of carbonyl (C=O) groups is 2. The number of nitrogen functional groups attached to an aromatic ring is 1. The zero-order chi connectivity index (χ0) is 19.6. The van der Waals surface area contributed by atoms with E-state index < -0.39 is 18.5 Å². The molecule has 0 saturated heterocycles. The molecule has 0 unspecified atom stereocenters. The number of fused-ring (bicyclic) bond motifs is 1. The molecule has 1 aliphatic heterocycles. The van der Waals surface area contributed by atoms with Crippen molar-refractivity contribution in [2.24, 2.45) is 0 Å². The number of rotatable bonds is 4. The molecular formula is C16H12Cl3N3O5. The maximum atomic E-state index is 12.1. The lowest BCUT2D eigenvalue weighted by Gasteiger charge is -2.19. The highest BCUT2D eigenvalue weighted by Gasteiger charge is 2.22. The Hall–Kier alpha value is -2.42. The van der Waals surface area contributed by atoms with Crippen LogP contribution in [-0.4, -0.2) is 36.7 Å². The molecule has 0 saturated carbocycles. The Morgan fingerprint density at radius 2 is 1.85 bits per heavy atom. The van der Waals surface area contributed by atoms with Crippen LogP contribution in [0.25, 0.3) is 0 Å². The second kappa shape index (κ2) is 8.08. The molecule has 1 aromatic carbocycles. The molecule has 0 radical (unpaired) electrons. The summed E-state index contributed by atoms with van der Waals surface area (Å²) in [6.07, 6.45) is 0. The molecule has 27 heavy (non-hydrogen) atoms. The van der Waals surface area contributed by atoms with Crippen LogP contribution in [0.15, 0.2) is 18.2 Å². The largest absolute Gasteiger partial charge is 0.486 e. The SMILES string of the molecule is Nc1c(Cl)c(Cl)nc(C(=O)OCC(=O)Nc2ccc3c(c2)OCCO3)c1Cl. The van der Waals surface area contributed by atoms with E-state index in [0.29, 0.717) is 30.4 Å². The number of carbonyl (C=O) groups excluding carboxylic acids is 2. The molecule has 1 aliphatic rings. The number of benzene rings is 1. The standard InChI is InChI=1S/C16H12Cl3N3O5/c17-11-13(20)12(18)15(19)22-14(11)16(24)27-6-10(23)21-7-1-2-8-9(5-7)26-4-3-25-8/h1-2,5H,3-4,6H2,(H2,20,22)(H,21,23). The van der Waals surface area contributed by atoms with E-state index in [9.17, 15) is 9.59 Å². The maximum absolute atomic E-state index is 12.1. The lowest BCUT2D eigenvalue weighted by molar-refractivity contribution is -0.119. The highest BCUT2D eigenvalue weighted by molar-refractivity contribution is 6.46. The van der Waals surface area contributed by atoms with Crippen molar-refractivity contribution in [2.45, 2.75) is 0 Å². The topological polar surface area (TPSA) is 113 Å². The van der Waals surface area contributed by atoms with E-state index in [4.69, 9.17) is 54.7 Å². The minimum atomic E-state index is -0.970. The number of aromatic nitrogens is 1. The molecule has 1 aromatic heterocycles. The Morgan fingerprint density at radius 3 is 2.59 bits per heavy atom. The van der Waals surface area contributed by atoms with Gasteiger partial charge in [0.25, 0.3) is 5.91 Å². The summed E-state index contributed by atoms with van der Waals surface area (Å²) >= 11 is 17.5. The smallest absolute Gasteiger partial charge is 0.359 e. The van der Waals surface area contributed by atoms with Gasteiger partial charge in [-0.2, -0.15) is 0 Å². The van der Waals surface area contributed by atoms with Crippen LogP contribution in [0, 0.1) is 0 Å². The van der Waals surface area contributed by atoms with Gasteiger partial charge in [0.2, 0.25) is 0 Å². The highest BCUT2D eigenvalue weighted by Crippen LogP contribution is 2.35. The Kier molecular flexibility index (Phi) is 5.79. The fraction of sp³-hybridized carbons (Fsp3) is 0.188. The van der Waals surface area contributed by atoms with E-state index in [2.05, 4.69) is 10.3 Å². The van der Waals surface area contributed by atoms with Crippen molar-refractivity contribution in [3.8, 4) is 11.5 Å². The third-order valence-electron chi connectivity index (χ3n) is 3.43. The summed E-state index contributed by atoms with van der Waals surface area (Å²) in [6, 6.07) is 4.90. The molecule has 1 amide bonds. The molecular weight excluding hydrogens is 421 g/mol. The second-order valence-electron chi connectivity index (χ2n) is 5.28. The van der Waals surface area contributed by atoms with Crippen LogP contribution in [-0.2, 0) is 9.53 Å². The minimum Gasteiger partial charge on any atom is -0.486 e. The first-order valence-corrected chi connectivity index (χ1v) is 8.66. The van der Waals surface area contributed by atoms with Gasteiger partial charge in [0.15, 0.2) is 29.0 Å². The van der Waals surface area contributed by atoms with E-state index in [-0.39, 0.29) is 26.6 Å². The lowest BCUT2D eigenvalue weighted by Crippen LogP contribution is -2.22. The van der Waals surface area contributed by atoms with Crippen molar-refractivity contribution in [3.05, 3.63) is 39.1 Å². The van der Waals surface area contributed by atoms with Gasteiger partial charge in [0, 0.05) is 11.8 Å². The predicted octanol–water partition coefficient (Wildman–Crippen LogP) is 3.19. The molecule has 3 rings (SSSR count). The van der Waals surface area contributed by atoms with Crippen LogP contribution in [0.2, 0.25) is 15.2 Å². The molecule has 3 N–H and O–H groups in total. The number of anilines is 2. The Morgan fingerprint density at radius 1 is 1.15 bits per heavy atom. The van der Waals surface area contributed by atoms with Crippen molar-refractivity contribution in [2.75, 3.05) is 30.9 Å². The summed E-state index contributed by atoms with van der Waals surface area (Å²) in [5.41, 5.74) is 5.65. The quantitative estimate of drug-likeness (QED) is 0.563. The monoisotopic (exact) mass is 431 g/mol. The molecule has 0 aliphatic carbocycles. The van der Waals surface area contributed by atoms with E-state index in [0.717, 1.165) is 0 Å². The van der Waals surface area contributed by atoms with Crippen LogP contribution in [0.5, 0.6) is 11.5 Å². The number of esters is 1. The fourth-order valence-electron chi connectivity index (χ4n) is 2.18. The summed E-state index contributed by atoms with van der Waals surface area (Å²) in [7, 11) is 0. The average Bonchev–Trinajstić information content (AvgIpc) is 2.67. The first kappa shape index (κ1) is 19.3. The van der Waals surface area contributed by atoms with E-state index >= 15 is 0 Å². The number of hydrogen-bond acceptors (Lipinski definition) is 7. The lowest BCUT2D eigenvalue weighted by atomic mass is 10.2. The fourth-order valence-corrected chi connectivity index (χ4v) is 2.77. The van der Waals surface area contributed by atoms with Crippen molar-refractivity contribution in [1.29, 1.82) is 0 Å². The van der Waals surface area contributed by atoms with Gasteiger partial charge in [-0.15, -0.1) is 0 Å². The summed E-state index contributed by atoms with van der Waals surface area (Å²) in [6.45, 7) is 0.304. The number of nitrogens with two attached hydrogens (primary N) is 1. The van der Waals surface area contributed by atoms with Crippen molar-refractivity contribution in [1.82, 2.24) is 4.98 Å². The zero-order valence-electron chi connectivity index (χ0n) is 13.6. The molecule has 0 atom stereocenters. The minimum absolute atomic E-state index is 0.0745. The number of pyridine rings is 1. The number of nitrogens with one attached hydrogen (secondary N) is 1. The highest BCUT2D eigenvalue weighted by atomic mass is 35.5. The molecule has 11 heteroatoms. The summed E-state index contributed by atoms with van der Waals surface area (Å²) in [5, 5.41) is 2.08. The third kappa shape index (κ3) is 4.29. The van der Waals surface area contributed by atoms with Crippen molar-refractivity contribution >= 4 is 58.1 Å². The molecule has 0 spiro atoms. The Balaban J connectivity index is 1.62. The molecule has 8 nitrogen and oxygen atoms in total. The molecule has 0 bridgehead atoms. The van der Waals surface area contributed by atoms with Gasteiger partial charge in [0.1, 0.15) is 18.2 Å². The molecule has 142 valence electrons. The van der Waals surface area contributed by atoms with Gasteiger partial charge >= 0.3 is 5.97 Å². The maximum Gasteiger partial charge on any atom is 0.359 e. The summed E-state index contributed by atoms with van der Waals surface area (Å²) in [5.74, 6) is -0.450. The van der Waals surface area contributed by atoms with Crippen LogP contribution < -0.4 is 20.5 Å². The summed E-state index contributed by atoms with van der Waals surface area (Å²) < 4.78 is 15.7. The van der Waals surface area contributed by atoms with Crippen LogP contribution in [0.4, 0.5) is 11.4 Å².